The third-order valence-corrected chi connectivity index (χ3v) is 5.91. The number of hydrogen-bond acceptors (Lipinski definition) is 4. The summed E-state index contributed by atoms with van der Waals surface area (Å²) in [5.74, 6) is -0.0625. The van der Waals surface area contributed by atoms with Gasteiger partial charge in [-0.25, -0.2) is 0 Å². The maximum atomic E-state index is 10.0. The molecule has 0 fully saturated rings. The number of benzene rings is 2. The fourth-order valence-electron chi connectivity index (χ4n) is 4.94. The monoisotopic (exact) mass is 610 g/mol. The Hall–Kier alpha value is -3.40. The Balaban J connectivity index is 0.000000287. The molecule has 4 nitrogen and oxygen atoms in total. The summed E-state index contributed by atoms with van der Waals surface area (Å²) >= 11 is 0. The predicted molar refractivity (Wildman–Crippen MR) is 124 cm³/mol. The molecular weight excluding hydrogens is 589 g/mol. The molecule has 0 atom stereocenters. The summed E-state index contributed by atoms with van der Waals surface area (Å²) in [5, 5.41) is 8.36. The number of carbonyl (C=O) groups is 1. The number of aliphatic hydroxyl groups is 1. The second-order valence-corrected chi connectivity index (χ2v) is 7.95. The van der Waals surface area contributed by atoms with E-state index in [1.165, 1.54) is 47.7 Å². The average molecular weight is 610 g/mol. The molecule has 165 valence electrons. The molecule has 6 rings (SSSR count). The number of aromatic nitrogens is 2. The topological polar surface area (TPSA) is 63.1 Å². The first-order valence-electron chi connectivity index (χ1n) is 10.5. The summed E-state index contributed by atoms with van der Waals surface area (Å²) in [5.41, 5.74) is 9.02. The van der Waals surface area contributed by atoms with Gasteiger partial charge >= 0.3 is 0 Å². The van der Waals surface area contributed by atoms with Crippen molar-refractivity contribution >= 4 is 5.78 Å². The fourth-order valence-corrected chi connectivity index (χ4v) is 4.94. The number of rotatable bonds is 1. The van der Waals surface area contributed by atoms with Crippen molar-refractivity contribution in [1.29, 1.82) is 0 Å². The van der Waals surface area contributed by atoms with Gasteiger partial charge in [0.05, 0.1) is 5.76 Å². The van der Waals surface area contributed by atoms with E-state index in [1.807, 2.05) is 24.5 Å². The number of nitrogens with zero attached hydrogens (tertiary/aromatic N) is 2. The van der Waals surface area contributed by atoms with E-state index in [0.29, 0.717) is 0 Å². The smallest absolute Gasteiger partial charge is 0.155 e. The van der Waals surface area contributed by atoms with Gasteiger partial charge in [-0.2, -0.15) is 0 Å². The van der Waals surface area contributed by atoms with E-state index < -0.39 is 0 Å². The van der Waals surface area contributed by atoms with Crippen molar-refractivity contribution in [2.75, 3.05) is 0 Å². The second kappa shape index (κ2) is 8.86. The summed E-state index contributed by atoms with van der Waals surface area (Å²) in [6, 6.07) is 26.8. The van der Waals surface area contributed by atoms with Gasteiger partial charge in [-0.05, 0) is 53.6 Å². The number of ketones is 1. The van der Waals surface area contributed by atoms with Crippen molar-refractivity contribution in [2.45, 2.75) is 19.3 Å². The molecule has 2 heterocycles. The van der Waals surface area contributed by atoms with E-state index in [4.69, 9.17) is 15.1 Å². The van der Waals surface area contributed by atoms with Crippen LogP contribution < -0.4 is 0 Å². The van der Waals surface area contributed by atoms with Crippen molar-refractivity contribution in [3.05, 3.63) is 119 Å². The minimum atomic E-state index is -0.385. The first kappa shape index (κ1) is 22.8. The normalized spacial score (nSPS) is 13.6. The second-order valence-electron chi connectivity index (χ2n) is 7.95. The molecule has 0 amide bonds. The number of hydrogen-bond donors (Lipinski definition) is 1. The Labute approximate surface area is 206 Å². The Bertz CT molecular complexity index is 1200. The Morgan fingerprint density at radius 1 is 0.879 bits per heavy atom. The summed E-state index contributed by atoms with van der Waals surface area (Å²) < 4.78 is 0. The van der Waals surface area contributed by atoms with Crippen molar-refractivity contribution in [3.63, 3.8) is 0 Å². The van der Waals surface area contributed by atoms with E-state index in [2.05, 4.69) is 60.7 Å². The van der Waals surface area contributed by atoms with E-state index >= 15 is 0 Å². The molecule has 4 aromatic rings. The molecule has 2 aromatic heterocycles. The molecule has 2 aliphatic rings. The van der Waals surface area contributed by atoms with Crippen LogP contribution >= 0.6 is 0 Å². The van der Waals surface area contributed by atoms with Crippen molar-refractivity contribution in [3.8, 4) is 22.4 Å². The zero-order valence-corrected chi connectivity index (χ0v) is 20.6. The Kier molecular flexibility index (Phi) is 6.11. The molecule has 0 unspecified atom stereocenters. The first-order chi connectivity index (χ1) is 15.5. The van der Waals surface area contributed by atoms with Crippen LogP contribution in [0, 0.1) is 6.07 Å². The van der Waals surface area contributed by atoms with Crippen LogP contribution in [-0.2, 0) is 30.3 Å². The van der Waals surface area contributed by atoms with Crippen LogP contribution in [0.1, 0.15) is 36.2 Å². The van der Waals surface area contributed by atoms with Crippen LogP contribution in [0.25, 0.3) is 22.4 Å². The van der Waals surface area contributed by atoms with Crippen LogP contribution in [-0.4, -0.2) is 20.9 Å². The summed E-state index contributed by atoms with van der Waals surface area (Å²) in [6.45, 7) is 2.85. The standard InChI is InChI=1S/C23H13N2.C5H8O2.Ir/c1-3-10-18-15(7-1)16-8-2-4-11-19(16)23(18)20-12-6-13-24-21(20)17-9-5-14-25-22(17)23;1-4(6)3-5(2)7;/h1-8,10-14H;3,6H,1-2H3;/q-1;;/b;4-3-;. The van der Waals surface area contributed by atoms with Gasteiger partial charge in [0, 0.05) is 37.8 Å². The van der Waals surface area contributed by atoms with Gasteiger partial charge in [-0.3, -0.25) is 4.79 Å². The molecule has 0 saturated heterocycles. The third kappa shape index (κ3) is 3.45. The maximum Gasteiger partial charge on any atom is 0.155 e. The molecule has 0 aliphatic heterocycles. The van der Waals surface area contributed by atoms with E-state index in [-0.39, 0.29) is 37.1 Å². The Morgan fingerprint density at radius 3 is 2.06 bits per heavy atom. The van der Waals surface area contributed by atoms with Gasteiger partial charge in [0.1, 0.15) is 0 Å². The van der Waals surface area contributed by atoms with Gasteiger partial charge in [0.2, 0.25) is 0 Å². The predicted octanol–water partition coefficient (Wildman–Crippen LogP) is 5.65. The molecule has 2 aliphatic carbocycles. The average Bonchev–Trinajstić information content (AvgIpc) is 3.26. The summed E-state index contributed by atoms with van der Waals surface area (Å²) in [4.78, 5) is 19.5. The van der Waals surface area contributed by atoms with Crippen molar-refractivity contribution in [2.24, 2.45) is 0 Å². The molecule has 1 spiro atoms. The molecule has 33 heavy (non-hydrogen) atoms. The SMILES string of the molecule is CC(=O)/C=C(/C)O.[Ir].[c-]1ccnc2c1-c1ncccc1C21c2ccccc2-c2ccccc21. The van der Waals surface area contributed by atoms with Gasteiger partial charge in [0.15, 0.2) is 5.78 Å². The third-order valence-electron chi connectivity index (χ3n) is 5.91. The quantitative estimate of drug-likeness (QED) is 0.149. The summed E-state index contributed by atoms with van der Waals surface area (Å²) in [7, 11) is 0. The fraction of sp³-hybridized carbons (Fsp3) is 0.107. The largest absolute Gasteiger partial charge is 0.512 e. The van der Waals surface area contributed by atoms with E-state index in [9.17, 15) is 4.79 Å². The molecule has 1 radical (unpaired) electrons. The number of pyridine rings is 2. The zero-order valence-electron chi connectivity index (χ0n) is 18.2. The van der Waals surface area contributed by atoms with Gasteiger partial charge in [0.25, 0.3) is 0 Å². The van der Waals surface area contributed by atoms with Gasteiger partial charge in [-0.1, -0.05) is 66.4 Å². The minimum Gasteiger partial charge on any atom is -0.512 e. The number of allylic oxidation sites excluding steroid dienone is 2. The molecule has 0 bridgehead atoms. The summed E-state index contributed by atoms with van der Waals surface area (Å²) in [6.07, 6.45) is 4.87. The number of fused-ring (bicyclic) bond motifs is 10. The molecule has 1 N–H and O–H groups in total. The number of carbonyl (C=O) groups excluding carboxylic acids is 1. The van der Waals surface area contributed by atoms with Crippen LogP contribution in [0.5, 0.6) is 0 Å². The minimum absolute atomic E-state index is 0. The Morgan fingerprint density at radius 2 is 1.48 bits per heavy atom. The van der Waals surface area contributed by atoms with Crippen molar-refractivity contribution < 1.29 is 30.0 Å². The first-order valence-corrected chi connectivity index (χ1v) is 10.5. The zero-order chi connectivity index (χ0) is 22.3. The van der Waals surface area contributed by atoms with Crippen LogP contribution in [0.15, 0.2) is 91.0 Å². The van der Waals surface area contributed by atoms with Gasteiger partial charge < -0.3 is 15.1 Å². The van der Waals surface area contributed by atoms with Gasteiger partial charge in [-0.15, -0.1) is 17.7 Å². The van der Waals surface area contributed by atoms with Crippen molar-refractivity contribution in [1.82, 2.24) is 9.97 Å². The van der Waals surface area contributed by atoms with E-state index in [1.54, 1.807) is 0 Å². The van der Waals surface area contributed by atoms with E-state index in [0.717, 1.165) is 17.0 Å². The molecule has 2 aromatic carbocycles. The van der Waals surface area contributed by atoms with Crippen LogP contribution in [0.4, 0.5) is 0 Å². The molecule has 5 heteroatoms. The van der Waals surface area contributed by atoms with Crippen LogP contribution in [0.3, 0.4) is 0 Å². The maximum absolute atomic E-state index is 10.0. The molecular formula is C28H21IrN2O2-. The van der Waals surface area contributed by atoms with Crippen LogP contribution in [0.2, 0.25) is 0 Å². The number of aliphatic hydroxyl groups excluding tert-OH is 1. The molecule has 0 saturated carbocycles.